The van der Waals surface area contributed by atoms with E-state index in [2.05, 4.69) is 13.8 Å². The molecular weight excluding hydrogens is 211 g/mol. The van der Waals surface area contributed by atoms with E-state index in [1.54, 1.807) is 0 Å². The van der Waals surface area contributed by atoms with Gasteiger partial charge in [0.1, 0.15) is 0 Å². The molecule has 92 valence electrons. The van der Waals surface area contributed by atoms with E-state index in [4.69, 9.17) is 4.52 Å². The van der Waals surface area contributed by atoms with Gasteiger partial charge in [-0.3, -0.25) is 4.57 Å². The van der Waals surface area contributed by atoms with E-state index in [1.165, 1.54) is 0 Å². The van der Waals surface area contributed by atoms with Crippen molar-refractivity contribution in [3.8, 4) is 0 Å². The monoisotopic (exact) mass is 236 g/mol. The summed E-state index contributed by atoms with van der Waals surface area (Å²) in [6.07, 6.45) is 7.48. The average Bonchev–Trinajstić information content (AvgIpc) is 2.20. The summed E-state index contributed by atoms with van der Waals surface area (Å²) in [6.45, 7) is 4.65. The molecule has 0 aliphatic heterocycles. The van der Waals surface area contributed by atoms with E-state index in [0.29, 0.717) is 12.8 Å². The maximum atomic E-state index is 11.5. The Hall–Kier alpha value is 0.150. The van der Waals surface area contributed by atoms with Crippen LogP contribution in [0.1, 0.15) is 58.8 Å². The molecular formula is C11H25O3P. The minimum Gasteiger partial charge on any atom is -0.324 e. The third-order valence-electron chi connectivity index (χ3n) is 2.34. The zero-order valence-corrected chi connectivity index (χ0v) is 11.0. The summed E-state index contributed by atoms with van der Waals surface area (Å²) >= 11 is 0. The van der Waals surface area contributed by atoms with Crippen LogP contribution in [0.2, 0.25) is 0 Å². The maximum Gasteiger partial charge on any atom is 0.328 e. The Morgan fingerprint density at radius 1 is 1.00 bits per heavy atom. The third-order valence-corrected chi connectivity index (χ3v) is 3.80. The van der Waals surface area contributed by atoms with E-state index in [1.807, 2.05) is 0 Å². The molecule has 0 aliphatic carbocycles. The fraction of sp³-hybridized carbons (Fsp3) is 1.00. The highest BCUT2D eigenvalue weighted by Crippen LogP contribution is 2.42. The van der Waals surface area contributed by atoms with Crippen LogP contribution in [0.25, 0.3) is 0 Å². The van der Waals surface area contributed by atoms with E-state index in [0.717, 1.165) is 44.9 Å². The molecule has 0 aromatic rings. The van der Waals surface area contributed by atoms with Gasteiger partial charge in [0.2, 0.25) is 0 Å². The van der Waals surface area contributed by atoms with Crippen molar-refractivity contribution in [2.24, 2.45) is 0 Å². The lowest BCUT2D eigenvalue weighted by Gasteiger charge is -2.11. The molecule has 0 saturated carbocycles. The van der Waals surface area contributed by atoms with Gasteiger partial charge in [0.05, 0.1) is 6.61 Å². The number of unbranched alkanes of at least 4 members (excludes halogenated alkanes) is 5. The van der Waals surface area contributed by atoms with Crippen LogP contribution in [-0.4, -0.2) is 17.7 Å². The first-order valence-corrected chi connectivity index (χ1v) is 7.85. The molecule has 15 heavy (non-hydrogen) atoms. The second kappa shape index (κ2) is 9.38. The van der Waals surface area contributed by atoms with Crippen molar-refractivity contribution in [1.29, 1.82) is 0 Å². The van der Waals surface area contributed by atoms with Gasteiger partial charge in [0.25, 0.3) is 0 Å². The lowest BCUT2D eigenvalue weighted by atomic mass is 10.2. The van der Waals surface area contributed by atoms with Crippen LogP contribution in [-0.2, 0) is 9.09 Å². The van der Waals surface area contributed by atoms with E-state index < -0.39 is 7.60 Å². The molecule has 0 saturated heterocycles. The second-order valence-corrected chi connectivity index (χ2v) is 5.94. The Morgan fingerprint density at radius 3 is 2.20 bits per heavy atom. The van der Waals surface area contributed by atoms with Gasteiger partial charge < -0.3 is 9.42 Å². The Balaban J connectivity index is 3.45. The Bertz CT molecular complexity index is 167. The molecule has 0 aliphatic rings. The fourth-order valence-electron chi connectivity index (χ4n) is 1.36. The van der Waals surface area contributed by atoms with E-state index >= 15 is 0 Å². The Kier molecular flexibility index (Phi) is 9.48. The van der Waals surface area contributed by atoms with Crippen LogP contribution in [0.15, 0.2) is 0 Å². The zero-order chi connectivity index (χ0) is 11.6. The van der Waals surface area contributed by atoms with Gasteiger partial charge in [-0.2, -0.15) is 0 Å². The van der Waals surface area contributed by atoms with Gasteiger partial charge in [-0.15, -0.1) is 0 Å². The van der Waals surface area contributed by atoms with Crippen molar-refractivity contribution in [1.82, 2.24) is 0 Å². The maximum absolute atomic E-state index is 11.5. The predicted molar refractivity (Wildman–Crippen MR) is 64.3 cm³/mol. The smallest absolute Gasteiger partial charge is 0.324 e. The highest BCUT2D eigenvalue weighted by molar-refractivity contribution is 7.52. The summed E-state index contributed by atoms with van der Waals surface area (Å²) in [5, 5.41) is 0. The van der Waals surface area contributed by atoms with Gasteiger partial charge in [0.15, 0.2) is 0 Å². The van der Waals surface area contributed by atoms with Crippen molar-refractivity contribution in [2.45, 2.75) is 58.8 Å². The fourth-order valence-corrected chi connectivity index (χ4v) is 2.53. The second-order valence-electron chi connectivity index (χ2n) is 3.96. The Labute approximate surface area is 93.8 Å². The molecule has 1 unspecified atom stereocenters. The van der Waals surface area contributed by atoms with Crippen molar-refractivity contribution in [3.05, 3.63) is 0 Å². The molecule has 0 rings (SSSR count). The minimum absolute atomic E-state index is 0.319. The Morgan fingerprint density at radius 2 is 1.60 bits per heavy atom. The molecule has 4 heteroatoms. The van der Waals surface area contributed by atoms with Gasteiger partial charge in [0, 0.05) is 6.16 Å². The molecule has 0 heterocycles. The van der Waals surface area contributed by atoms with Crippen LogP contribution in [0.4, 0.5) is 0 Å². The van der Waals surface area contributed by atoms with E-state index in [-0.39, 0.29) is 0 Å². The summed E-state index contributed by atoms with van der Waals surface area (Å²) in [6, 6.07) is 0. The van der Waals surface area contributed by atoms with Crippen molar-refractivity contribution >= 4 is 7.60 Å². The largest absolute Gasteiger partial charge is 0.328 e. The number of rotatable bonds is 10. The molecule has 0 bridgehead atoms. The lowest BCUT2D eigenvalue weighted by molar-refractivity contribution is 0.252. The molecule has 1 atom stereocenters. The van der Waals surface area contributed by atoms with E-state index in [9.17, 15) is 9.46 Å². The lowest BCUT2D eigenvalue weighted by Crippen LogP contribution is -1.97. The van der Waals surface area contributed by atoms with Crippen LogP contribution in [0, 0.1) is 0 Å². The predicted octanol–water partition coefficient (Wildman–Crippen LogP) is 3.96. The molecule has 0 aromatic carbocycles. The van der Waals surface area contributed by atoms with Gasteiger partial charge in [-0.25, -0.2) is 0 Å². The van der Waals surface area contributed by atoms with Crippen molar-refractivity contribution in [2.75, 3.05) is 12.8 Å². The topological polar surface area (TPSA) is 46.5 Å². The van der Waals surface area contributed by atoms with Crippen LogP contribution >= 0.6 is 7.60 Å². The third kappa shape index (κ3) is 10.4. The molecule has 3 nitrogen and oxygen atoms in total. The molecule has 0 amide bonds. The average molecular weight is 236 g/mol. The number of hydrogen-bond donors (Lipinski definition) is 1. The normalized spacial score (nSPS) is 15.1. The summed E-state index contributed by atoms with van der Waals surface area (Å²) < 4.78 is 16.5. The van der Waals surface area contributed by atoms with Crippen molar-refractivity contribution < 1.29 is 14.0 Å². The van der Waals surface area contributed by atoms with Crippen LogP contribution < -0.4 is 0 Å². The molecule has 0 spiro atoms. The van der Waals surface area contributed by atoms with Gasteiger partial charge in [-0.1, -0.05) is 46.0 Å². The first-order valence-electron chi connectivity index (χ1n) is 6.08. The summed E-state index contributed by atoms with van der Waals surface area (Å²) in [7, 11) is -3.27. The summed E-state index contributed by atoms with van der Waals surface area (Å²) in [5.41, 5.74) is 0. The molecule has 1 N–H and O–H groups in total. The SMILES string of the molecule is CCCCCCP(=O)(O)OCCCCC. The summed E-state index contributed by atoms with van der Waals surface area (Å²) in [5.74, 6) is 0. The minimum atomic E-state index is -3.27. The number of hydrogen-bond acceptors (Lipinski definition) is 2. The first kappa shape index (κ1) is 15.2. The standard InChI is InChI=1S/C11H25O3P/c1-3-5-7-9-11-15(12,13)14-10-8-6-4-2/h3-11H2,1-2H3,(H,12,13). The van der Waals surface area contributed by atoms with Gasteiger partial charge in [-0.05, 0) is 12.8 Å². The van der Waals surface area contributed by atoms with Gasteiger partial charge >= 0.3 is 7.60 Å². The highest BCUT2D eigenvalue weighted by Gasteiger charge is 2.17. The highest BCUT2D eigenvalue weighted by atomic mass is 31.2. The summed E-state index contributed by atoms with van der Waals surface area (Å²) in [4.78, 5) is 9.45. The molecule has 0 radical (unpaired) electrons. The van der Waals surface area contributed by atoms with Crippen molar-refractivity contribution in [3.63, 3.8) is 0 Å². The quantitative estimate of drug-likeness (QED) is 0.461. The molecule has 0 fully saturated rings. The molecule has 0 aromatic heterocycles. The first-order chi connectivity index (χ1) is 7.12. The zero-order valence-electron chi connectivity index (χ0n) is 10.1. The van der Waals surface area contributed by atoms with Crippen LogP contribution in [0.5, 0.6) is 0 Å². The van der Waals surface area contributed by atoms with Crippen LogP contribution in [0.3, 0.4) is 0 Å².